The minimum Gasteiger partial charge on any atom is -0.497 e. The molecule has 5 nitrogen and oxygen atoms in total. The van der Waals surface area contributed by atoms with E-state index in [1.807, 2.05) is 24.3 Å². The summed E-state index contributed by atoms with van der Waals surface area (Å²) in [6, 6.07) is 12.2. The Labute approximate surface area is 183 Å². The van der Waals surface area contributed by atoms with Crippen LogP contribution in [0.2, 0.25) is 0 Å². The number of halogens is 3. The van der Waals surface area contributed by atoms with Crippen LogP contribution in [-0.4, -0.2) is 29.0 Å². The lowest BCUT2D eigenvalue weighted by atomic mass is 10.2. The summed E-state index contributed by atoms with van der Waals surface area (Å²) in [5, 5.41) is 10.6. The van der Waals surface area contributed by atoms with Crippen LogP contribution in [0.5, 0.6) is 5.75 Å². The monoisotopic (exact) mass is 471 g/mol. The van der Waals surface area contributed by atoms with Gasteiger partial charge in [0.1, 0.15) is 5.75 Å². The summed E-state index contributed by atoms with van der Waals surface area (Å²) in [5.41, 5.74) is 0.407. The van der Waals surface area contributed by atoms with Gasteiger partial charge in [0.25, 0.3) is 0 Å². The highest BCUT2D eigenvalue weighted by Crippen LogP contribution is 2.32. The summed E-state index contributed by atoms with van der Waals surface area (Å²) in [5.74, 6) is 1.12. The number of anilines is 1. The number of thioether (sulfide) groups is 2. The van der Waals surface area contributed by atoms with Crippen LogP contribution in [0.4, 0.5) is 18.9 Å². The highest BCUT2D eigenvalue weighted by atomic mass is 32.2. The molecular weight excluding hydrogens is 455 g/mol. The zero-order chi connectivity index (χ0) is 21.6. The molecule has 0 saturated heterocycles. The number of rotatable bonds is 8. The van der Waals surface area contributed by atoms with Gasteiger partial charge in [-0.05, 0) is 35.9 Å². The van der Waals surface area contributed by atoms with E-state index in [-0.39, 0.29) is 11.4 Å². The number of carbonyl (C=O) groups is 1. The van der Waals surface area contributed by atoms with Crippen molar-refractivity contribution in [1.29, 1.82) is 0 Å². The first-order valence-corrected chi connectivity index (χ1v) is 11.3. The molecule has 1 aromatic heterocycles. The van der Waals surface area contributed by atoms with Crippen LogP contribution in [0.25, 0.3) is 0 Å². The number of aromatic nitrogens is 2. The third-order valence-corrected chi connectivity index (χ3v) is 6.97. The lowest BCUT2D eigenvalue weighted by molar-refractivity contribution is -0.137. The van der Waals surface area contributed by atoms with Crippen molar-refractivity contribution in [3.05, 3.63) is 59.7 Å². The number of ether oxygens (including phenoxy) is 1. The van der Waals surface area contributed by atoms with Crippen LogP contribution in [0.3, 0.4) is 0 Å². The number of benzene rings is 2. The molecule has 0 radical (unpaired) electrons. The molecule has 1 heterocycles. The van der Waals surface area contributed by atoms with Crippen molar-refractivity contribution in [1.82, 2.24) is 10.2 Å². The van der Waals surface area contributed by atoms with Gasteiger partial charge < -0.3 is 10.1 Å². The third-order valence-electron chi connectivity index (χ3n) is 3.71. The predicted molar refractivity (Wildman–Crippen MR) is 113 cm³/mol. The largest absolute Gasteiger partial charge is 0.497 e. The molecule has 0 saturated carbocycles. The van der Waals surface area contributed by atoms with Gasteiger partial charge in [0, 0.05) is 11.4 Å². The van der Waals surface area contributed by atoms with Gasteiger partial charge in [-0.15, -0.1) is 10.2 Å². The SMILES string of the molecule is COc1ccc(CSc2nnc(SCC(=O)Nc3cccc(C(F)(F)F)c3)s2)cc1. The molecule has 2 aromatic carbocycles. The molecule has 0 unspecified atom stereocenters. The number of hydrogen-bond acceptors (Lipinski definition) is 7. The fourth-order valence-corrected chi connectivity index (χ4v) is 5.05. The minimum absolute atomic E-state index is 0.0219. The second kappa shape index (κ2) is 10.2. The Hall–Kier alpha value is -2.24. The molecule has 3 rings (SSSR count). The maximum Gasteiger partial charge on any atom is 0.416 e. The molecule has 30 heavy (non-hydrogen) atoms. The number of nitrogens with one attached hydrogen (secondary N) is 1. The van der Waals surface area contributed by atoms with E-state index in [1.165, 1.54) is 47.0 Å². The molecule has 3 aromatic rings. The third kappa shape index (κ3) is 6.64. The number of carbonyl (C=O) groups excluding carboxylic acids is 1. The van der Waals surface area contributed by atoms with Gasteiger partial charge >= 0.3 is 6.18 Å². The standard InChI is InChI=1S/C19H16F3N3O2S3/c1-27-15-7-5-12(6-8-15)10-28-17-24-25-18(30-17)29-11-16(26)23-14-4-2-3-13(9-14)19(20,21)22/h2-9H,10-11H2,1H3,(H,23,26). The van der Waals surface area contributed by atoms with Crippen LogP contribution in [0, 0.1) is 0 Å². The Balaban J connectivity index is 1.47. The molecule has 0 atom stereocenters. The highest BCUT2D eigenvalue weighted by molar-refractivity contribution is 8.03. The van der Waals surface area contributed by atoms with E-state index in [2.05, 4.69) is 15.5 Å². The van der Waals surface area contributed by atoms with Crippen molar-refractivity contribution >= 4 is 46.5 Å². The zero-order valence-electron chi connectivity index (χ0n) is 15.6. The normalized spacial score (nSPS) is 11.3. The number of nitrogens with zero attached hydrogens (tertiary/aromatic N) is 2. The van der Waals surface area contributed by atoms with Crippen molar-refractivity contribution in [3.8, 4) is 5.75 Å². The van der Waals surface area contributed by atoms with E-state index < -0.39 is 17.6 Å². The molecule has 158 valence electrons. The number of hydrogen-bond donors (Lipinski definition) is 1. The fraction of sp³-hybridized carbons (Fsp3) is 0.211. The Morgan fingerprint density at radius 2 is 1.80 bits per heavy atom. The molecule has 1 N–H and O–H groups in total. The average Bonchev–Trinajstić information content (AvgIpc) is 3.19. The van der Waals surface area contributed by atoms with Gasteiger partial charge in [-0.25, -0.2) is 0 Å². The lowest BCUT2D eigenvalue weighted by Crippen LogP contribution is -2.15. The summed E-state index contributed by atoms with van der Waals surface area (Å²) in [6.45, 7) is 0. The molecule has 0 aliphatic heterocycles. The molecule has 0 aliphatic carbocycles. The zero-order valence-corrected chi connectivity index (χ0v) is 18.1. The minimum atomic E-state index is -4.46. The molecule has 0 bridgehead atoms. The number of methoxy groups -OCH3 is 1. The maximum absolute atomic E-state index is 12.7. The second-order valence-electron chi connectivity index (χ2n) is 5.89. The van der Waals surface area contributed by atoms with Crippen molar-refractivity contribution in [2.24, 2.45) is 0 Å². The van der Waals surface area contributed by atoms with Gasteiger partial charge in [-0.2, -0.15) is 13.2 Å². The van der Waals surface area contributed by atoms with Gasteiger partial charge in [0.15, 0.2) is 8.68 Å². The lowest BCUT2D eigenvalue weighted by Gasteiger charge is -2.09. The van der Waals surface area contributed by atoms with Crippen molar-refractivity contribution in [2.75, 3.05) is 18.2 Å². The van der Waals surface area contributed by atoms with Gasteiger partial charge in [0.2, 0.25) is 5.91 Å². The van der Waals surface area contributed by atoms with E-state index in [1.54, 1.807) is 7.11 Å². The van der Waals surface area contributed by atoms with Gasteiger partial charge in [-0.3, -0.25) is 4.79 Å². The summed E-state index contributed by atoms with van der Waals surface area (Å²) < 4.78 is 44.7. The Kier molecular flexibility index (Phi) is 7.62. The quantitative estimate of drug-likeness (QED) is 0.432. The summed E-state index contributed by atoms with van der Waals surface area (Å²) >= 11 is 4.08. The maximum atomic E-state index is 12.7. The molecule has 0 aliphatic rings. The first kappa shape index (κ1) is 22.4. The van der Waals surface area contributed by atoms with E-state index in [9.17, 15) is 18.0 Å². The van der Waals surface area contributed by atoms with Crippen molar-refractivity contribution in [3.63, 3.8) is 0 Å². The van der Waals surface area contributed by atoms with Crippen LogP contribution in [-0.2, 0) is 16.7 Å². The molecule has 0 fully saturated rings. The van der Waals surface area contributed by atoms with Crippen molar-refractivity contribution in [2.45, 2.75) is 20.6 Å². The Morgan fingerprint density at radius 1 is 1.10 bits per heavy atom. The second-order valence-corrected chi connectivity index (χ2v) is 9.31. The molecule has 0 spiro atoms. The van der Waals surface area contributed by atoms with Gasteiger partial charge in [-0.1, -0.05) is 53.1 Å². The number of amides is 1. The van der Waals surface area contributed by atoms with E-state index in [0.717, 1.165) is 33.5 Å². The van der Waals surface area contributed by atoms with E-state index >= 15 is 0 Å². The van der Waals surface area contributed by atoms with Crippen LogP contribution in [0.1, 0.15) is 11.1 Å². The summed E-state index contributed by atoms with van der Waals surface area (Å²) in [4.78, 5) is 12.0. The Bertz CT molecular complexity index is 994. The molecule has 11 heteroatoms. The van der Waals surface area contributed by atoms with Crippen molar-refractivity contribution < 1.29 is 22.7 Å². The van der Waals surface area contributed by atoms with Gasteiger partial charge in [0.05, 0.1) is 18.4 Å². The highest BCUT2D eigenvalue weighted by Gasteiger charge is 2.30. The summed E-state index contributed by atoms with van der Waals surface area (Å²) in [7, 11) is 1.62. The Morgan fingerprint density at radius 3 is 2.47 bits per heavy atom. The number of alkyl halides is 3. The van der Waals surface area contributed by atoms with E-state index in [4.69, 9.17) is 4.74 Å². The first-order chi connectivity index (χ1) is 14.3. The molecular formula is C19H16F3N3O2S3. The van der Waals surface area contributed by atoms with Crippen LogP contribution in [0.15, 0.2) is 57.2 Å². The predicted octanol–water partition coefficient (Wildman–Crippen LogP) is 5.59. The molecule has 1 amide bonds. The summed E-state index contributed by atoms with van der Waals surface area (Å²) in [6.07, 6.45) is -4.46. The van der Waals surface area contributed by atoms with Crippen LogP contribution >= 0.6 is 34.9 Å². The fourth-order valence-electron chi connectivity index (χ4n) is 2.28. The van der Waals surface area contributed by atoms with Crippen LogP contribution < -0.4 is 10.1 Å². The van der Waals surface area contributed by atoms with E-state index in [0.29, 0.717) is 4.34 Å². The average molecular weight is 472 g/mol. The smallest absolute Gasteiger partial charge is 0.416 e. The topological polar surface area (TPSA) is 64.1 Å². The first-order valence-electron chi connectivity index (χ1n) is 8.52.